The second-order valence-corrected chi connectivity index (χ2v) is 5.85. The number of fused-ring (bicyclic) bond motifs is 2. The number of amides is 1. The summed E-state index contributed by atoms with van der Waals surface area (Å²) < 4.78 is 5.61. The lowest BCUT2D eigenvalue weighted by atomic mass is 10.00. The molecule has 2 unspecified atom stereocenters. The van der Waals surface area contributed by atoms with Gasteiger partial charge in [-0.3, -0.25) is 4.79 Å². The smallest absolute Gasteiger partial charge is 0.287 e. The zero-order valence-electron chi connectivity index (χ0n) is 11.7. The number of rotatable bonds is 3. The lowest BCUT2D eigenvalue weighted by molar-refractivity contribution is 0.0894. The highest BCUT2D eigenvalue weighted by molar-refractivity contribution is 5.92. The summed E-state index contributed by atoms with van der Waals surface area (Å²) in [5.74, 6) is 1.31. The third-order valence-electron chi connectivity index (χ3n) is 4.37. The molecule has 4 heteroatoms. The molecule has 2 saturated heterocycles. The average molecular weight is 262 g/mol. The summed E-state index contributed by atoms with van der Waals surface area (Å²) in [6.45, 7) is 4.03. The molecule has 3 heterocycles. The van der Waals surface area contributed by atoms with Gasteiger partial charge in [-0.25, -0.2) is 0 Å². The molecular formula is C15H22N2O2. The first kappa shape index (κ1) is 12.7. The molecule has 2 aliphatic rings. The second-order valence-electron chi connectivity index (χ2n) is 5.85. The number of hydrogen-bond acceptors (Lipinski definition) is 3. The SMILES string of the molecule is CCc1oc(C(=O)NC2CC3CCC(C2)N3)cc1C. The molecule has 2 aliphatic heterocycles. The molecule has 0 spiro atoms. The van der Waals surface area contributed by atoms with Gasteiger partial charge in [0.2, 0.25) is 0 Å². The maximum atomic E-state index is 12.2. The van der Waals surface area contributed by atoms with Crippen LogP contribution in [0, 0.1) is 6.92 Å². The Balaban J connectivity index is 1.64. The predicted molar refractivity (Wildman–Crippen MR) is 73.3 cm³/mol. The highest BCUT2D eigenvalue weighted by atomic mass is 16.4. The van der Waals surface area contributed by atoms with E-state index in [0.29, 0.717) is 23.9 Å². The van der Waals surface area contributed by atoms with Crippen LogP contribution in [0.15, 0.2) is 10.5 Å². The van der Waals surface area contributed by atoms with Crippen LogP contribution in [0.25, 0.3) is 0 Å². The molecule has 3 rings (SSSR count). The fourth-order valence-corrected chi connectivity index (χ4v) is 3.41. The highest BCUT2D eigenvalue weighted by Crippen LogP contribution is 2.27. The van der Waals surface area contributed by atoms with Crippen LogP contribution in [0.1, 0.15) is 54.5 Å². The van der Waals surface area contributed by atoms with Gasteiger partial charge in [-0.15, -0.1) is 0 Å². The van der Waals surface area contributed by atoms with Crippen molar-refractivity contribution in [2.24, 2.45) is 0 Å². The maximum Gasteiger partial charge on any atom is 0.287 e. The predicted octanol–water partition coefficient (Wildman–Crippen LogP) is 2.16. The molecule has 0 aliphatic carbocycles. The van der Waals surface area contributed by atoms with E-state index < -0.39 is 0 Å². The molecule has 2 N–H and O–H groups in total. The molecule has 104 valence electrons. The van der Waals surface area contributed by atoms with E-state index >= 15 is 0 Å². The van der Waals surface area contributed by atoms with Crippen LogP contribution < -0.4 is 10.6 Å². The molecule has 2 atom stereocenters. The molecule has 2 bridgehead atoms. The van der Waals surface area contributed by atoms with Crippen molar-refractivity contribution >= 4 is 5.91 Å². The molecule has 0 aromatic carbocycles. The summed E-state index contributed by atoms with van der Waals surface area (Å²) in [7, 11) is 0. The van der Waals surface area contributed by atoms with Crippen molar-refractivity contribution in [3.05, 3.63) is 23.2 Å². The first-order valence-corrected chi connectivity index (χ1v) is 7.32. The zero-order chi connectivity index (χ0) is 13.4. The maximum absolute atomic E-state index is 12.2. The van der Waals surface area contributed by atoms with Gasteiger partial charge in [-0.1, -0.05) is 6.92 Å². The monoisotopic (exact) mass is 262 g/mol. The van der Waals surface area contributed by atoms with E-state index in [9.17, 15) is 4.79 Å². The quantitative estimate of drug-likeness (QED) is 0.877. The first-order valence-electron chi connectivity index (χ1n) is 7.32. The fraction of sp³-hybridized carbons (Fsp3) is 0.667. The minimum atomic E-state index is -0.0610. The van der Waals surface area contributed by atoms with Gasteiger partial charge in [0.1, 0.15) is 5.76 Å². The topological polar surface area (TPSA) is 54.3 Å². The molecule has 2 fully saturated rings. The Morgan fingerprint density at radius 2 is 2.11 bits per heavy atom. The van der Waals surface area contributed by atoms with Crippen LogP contribution in [0.2, 0.25) is 0 Å². The largest absolute Gasteiger partial charge is 0.456 e. The van der Waals surface area contributed by atoms with E-state index in [1.165, 1.54) is 12.8 Å². The summed E-state index contributed by atoms with van der Waals surface area (Å²) in [6, 6.07) is 3.33. The van der Waals surface area contributed by atoms with Crippen LogP contribution in [0.3, 0.4) is 0 Å². The third kappa shape index (κ3) is 2.54. The van der Waals surface area contributed by atoms with E-state index in [-0.39, 0.29) is 5.91 Å². The Hall–Kier alpha value is -1.29. The van der Waals surface area contributed by atoms with E-state index in [1.807, 2.05) is 19.9 Å². The van der Waals surface area contributed by atoms with E-state index in [0.717, 1.165) is 30.6 Å². The van der Waals surface area contributed by atoms with Crippen LogP contribution in [0.4, 0.5) is 0 Å². The number of nitrogens with one attached hydrogen (secondary N) is 2. The van der Waals surface area contributed by atoms with Gasteiger partial charge in [0.15, 0.2) is 5.76 Å². The fourth-order valence-electron chi connectivity index (χ4n) is 3.41. The Morgan fingerprint density at radius 3 is 2.68 bits per heavy atom. The van der Waals surface area contributed by atoms with Gasteiger partial charge in [0.05, 0.1) is 0 Å². The van der Waals surface area contributed by atoms with Gasteiger partial charge in [-0.05, 0) is 44.2 Å². The van der Waals surface area contributed by atoms with Crippen LogP contribution in [0.5, 0.6) is 0 Å². The molecule has 1 aromatic heterocycles. The number of furan rings is 1. The van der Waals surface area contributed by atoms with Crippen molar-refractivity contribution < 1.29 is 9.21 Å². The molecule has 0 saturated carbocycles. The van der Waals surface area contributed by atoms with Crippen LogP contribution in [-0.2, 0) is 6.42 Å². The molecule has 4 nitrogen and oxygen atoms in total. The number of piperidine rings is 1. The Kier molecular flexibility index (Phi) is 3.35. The van der Waals surface area contributed by atoms with E-state index in [4.69, 9.17) is 4.42 Å². The number of carbonyl (C=O) groups excluding carboxylic acids is 1. The lowest BCUT2D eigenvalue weighted by Crippen LogP contribution is -2.47. The number of carbonyl (C=O) groups is 1. The Morgan fingerprint density at radius 1 is 1.42 bits per heavy atom. The van der Waals surface area contributed by atoms with Crippen LogP contribution >= 0.6 is 0 Å². The summed E-state index contributed by atoms with van der Waals surface area (Å²) in [4.78, 5) is 12.2. The highest BCUT2D eigenvalue weighted by Gasteiger charge is 2.34. The minimum absolute atomic E-state index is 0.0610. The Labute approximate surface area is 113 Å². The summed E-state index contributed by atoms with van der Waals surface area (Å²) in [5, 5.41) is 6.71. The molecule has 19 heavy (non-hydrogen) atoms. The molecule has 1 aromatic rings. The van der Waals surface area contributed by atoms with E-state index in [1.54, 1.807) is 0 Å². The Bertz CT molecular complexity index is 468. The lowest BCUT2D eigenvalue weighted by Gasteiger charge is -2.29. The van der Waals surface area contributed by atoms with Crippen molar-refractivity contribution in [3.8, 4) is 0 Å². The molecule has 0 radical (unpaired) electrons. The number of aryl methyl sites for hydroxylation is 2. The normalized spacial score (nSPS) is 29.5. The summed E-state index contributed by atoms with van der Waals surface area (Å²) in [5.41, 5.74) is 1.07. The standard InChI is InChI=1S/C15H22N2O2/c1-3-13-9(2)6-14(19-13)15(18)17-12-7-10-4-5-11(8-12)16-10/h6,10-12,16H,3-5,7-8H2,1-2H3,(H,17,18). The third-order valence-corrected chi connectivity index (χ3v) is 4.37. The second kappa shape index (κ2) is 5.00. The van der Waals surface area contributed by atoms with Gasteiger partial charge in [0.25, 0.3) is 5.91 Å². The van der Waals surface area contributed by atoms with E-state index in [2.05, 4.69) is 10.6 Å². The van der Waals surface area contributed by atoms with Gasteiger partial charge in [0, 0.05) is 24.5 Å². The summed E-state index contributed by atoms with van der Waals surface area (Å²) >= 11 is 0. The average Bonchev–Trinajstić information content (AvgIpc) is 2.92. The van der Waals surface area contributed by atoms with Gasteiger partial charge in [-0.2, -0.15) is 0 Å². The van der Waals surface area contributed by atoms with Crippen molar-refractivity contribution in [1.82, 2.24) is 10.6 Å². The van der Waals surface area contributed by atoms with Crippen molar-refractivity contribution in [2.45, 2.75) is 64.1 Å². The minimum Gasteiger partial charge on any atom is -0.456 e. The first-order chi connectivity index (χ1) is 9.15. The van der Waals surface area contributed by atoms with Gasteiger partial charge < -0.3 is 15.1 Å². The van der Waals surface area contributed by atoms with Crippen molar-refractivity contribution in [2.75, 3.05) is 0 Å². The summed E-state index contributed by atoms with van der Waals surface area (Å²) in [6.07, 6.45) is 5.41. The van der Waals surface area contributed by atoms with Crippen molar-refractivity contribution in [3.63, 3.8) is 0 Å². The number of hydrogen-bond donors (Lipinski definition) is 2. The molecular weight excluding hydrogens is 240 g/mol. The molecule has 1 amide bonds. The van der Waals surface area contributed by atoms with Crippen LogP contribution in [-0.4, -0.2) is 24.0 Å². The zero-order valence-corrected chi connectivity index (χ0v) is 11.7. The van der Waals surface area contributed by atoms with Gasteiger partial charge >= 0.3 is 0 Å². The van der Waals surface area contributed by atoms with Crippen molar-refractivity contribution in [1.29, 1.82) is 0 Å².